The third-order valence-electron chi connectivity index (χ3n) is 3.54. The van der Waals surface area contributed by atoms with Gasteiger partial charge in [-0.25, -0.2) is 9.18 Å². The van der Waals surface area contributed by atoms with Crippen molar-refractivity contribution in [3.05, 3.63) is 57.3 Å². The molecule has 0 fully saturated rings. The van der Waals surface area contributed by atoms with Crippen LogP contribution < -0.4 is 10.1 Å². The van der Waals surface area contributed by atoms with Crippen LogP contribution in [0.25, 0.3) is 0 Å². The maximum Gasteiger partial charge on any atom is 0.341 e. The zero-order chi connectivity index (χ0) is 19.4. The Bertz CT molecular complexity index is 857. The first-order valence-electron chi connectivity index (χ1n) is 7.54. The summed E-state index contributed by atoms with van der Waals surface area (Å²) >= 11 is 11.8. The van der Waals surface area contributed by atoms with Gasteiger partial charge in [0, 0.05) is 16.1 Å². The predicted octanol–water partition coefficient (Wildman–Crippen LogP) is 4.63. The fourth-order valence-electron chi connectivity index (χ4n) is 2.10. The van der Waals surface area contributed by atoms with Gasteiger partial charge in [-0.15, -0.1) is 0 Å². The number of hydrogen-bond acceptors (Lipinski definition) is 4. The predicted molar refractivity (Wildman–Crippen MR) is 97.7 cm³/mol. The Kier molecular flexibility index (Phi) is 6.45. The lowest BCUT2D eigenvalue weighted by atomic mass is 10.2. The Morgan fingerprint density at radius 2 is 1.88 bits per heavy atom. The summed E-state index contributed by atoms with van der Waals surface area (Å²) in [6.45, 7) is 3.13. The minimum absolute atomic E-state index is 0.178. The highest BCUT2D eigenvalue weighted by Gasteiger charge is 2.22. The summed E-state index contributed by atoms with van der Waals surface area (Å²) in [6, 6.07) is 6.67. The van der Waals surface area contributed by atoms with Gasteiger partial charge in [-0.3, -0.25) is 4.79 Å². The van der Waals surface area contributed by atoms with Crippen LogP contribution in [0.2, 0.25) is 10.0 Å². The highest BCUT2D eigenvalue weighted by molar-refractivity contribution is 6.31. The smallest absolute Gasteiger partial charge is 0.341 e. The first-order chi connectivity index (χ1) is 12.2. The number of halogens is 3. The van der Waals surface area contributed by atoms with Gasteiger partial charge in [-0.2, -0.15) is 0 Å². The summed E-state index contributed by atoms with van der Waals surface area (Å²) in [6.07, 6.45) is -1.18. The van der Waals surface area contributed by atoms with Crippen LogP contribution in [0.4, 0.5) is 10.1 Å². The fourth-order valence-corrected chi connectivity index (χ4v) is 2.42. The molecule has 0 spiro atoms. The van der Waals surface area contributed by atoms with Gasteiger partial charge in [0.15, 0.2) is 6.10 Å². The first-order valence-corrected chi connectivity index (χ1v) is 8.29. The normalized spacial score (nSPS) is 11.6. The van der Waals surface area contributed by atoms with Crippen LogP contribution in [0.5, 0.6) is 5.75 Å². The summed E-state index contributed by atoms with van der Waals surface area (Å²) in [5.74, 6) is -2.04. The summed E-state index contributed by atoms with van der Waals surface area (Å²) in [7, 11) is 1.43. The van der Waals surface area contributed by atoms with Crippen molar-refractivity contribution in [2.24, 2.45) is 0 Å². The van der Waals surface area contributed by atoms with Gasteiger partial charge in [0.1, 0.15) is 11.6 Å². The van der Waals surface area contributed by atoms with Crippen molar-refractivity contribution in [3.63, 3.8) is 0 Å². The van der Waals surface area contributed by atoms with Crippen molar-refractivity contribution >= 4 is 40.8 Å². The third kappa shape index (κ3) is 4.65. The van der Waals surface area contributed by atoms with Crippen LogP contribution in [0, 0.1) is 12.7 Å². The van der Waals surface area contributed by atoms with Gasteiger partial charge >= 0.3 is 5.97 Å². The number of nitrogens with one attached hydrogen (secondary N) is 1. The monoisotopic (exact) mass is 399 g/mol. The molecule has 0 bridgehead atoms. The molecule has 0 aromatic heterocycles. The van der Waals surface area contributed by atoms with Crippen molar-refractivity contribution in [2.45, 2.75) is 20.0 Å². The molecule has 1 amide bonds. The van der Waals surface area contributed by atoms with Crippen LogP contribution in [0.1, 0.15) is 22.8 Å². The zero-order valence-electron chi connectivity index (χ0n) is 14.2. The van der Waals surface area contributed by atoms with E-state index in [1.165, 1.54) is 20.1 Å². The van der Waals surface area contributed by atoms with Crippen LogP contribution in [0.15, 0.2) is 30.3 Å². The summed E-state index contributed by atoms with van der Waals surface area (Å²) in [4.78, 5) is 24.4. The van der Waals surface area contributed by atoms with E-state index in [0.29, 0.717) is 16.5 Å². The fraction of sp³-hybridized carbons (Fsp3) is 0.222. The topological polar surface area (TPSA) is 64.6 Å². The van der Waals surface area contributed by atoms with E-state index in [1.54, 1.807) is 19.1 Å². The Hall–Kier alpha value is -2.31. The second-order valence-corrected chi connectivity index (χ2v) is 6.31. The molecule has 26 heavy (non-hydrogen) atoms. The van der Waals surface area contributed by atoms with E-state index in [0.717, 1.165) is 17.7 Å². The van der Waals surface area contributed by atoms with Crippen LogP contribution in [0.3, 0.4) is 0 Å². The number of aryl methyl sites for hydroxylation is 1. The zero-order valence-corrected chi connectivity index (χ0v) is 15.7. The van der Waals surface area contributed by atoms with Gasteiger partial charge in [-0.1, -0.05) is 23.2 Å². The molecule has 0 saturated carbocycles. The first kappa shape index (κ1) is 20.0. The Morgan fingerprint density at radius 1 is 1.19 bits per heavy atom. The SMILES string of the molecule is COc1cc(Cl)c(C)cc1NC(=O)[C@@H](C)OC(=O)c1cc(Cl)ccc1F. The average molecular weight is 400 g/mol. The van der Waals surface area contributed by atoms with Crippen molar-refractivity contribution in [2.75, 3.05) is 12.4 Å². The number of carbonyl (C=O) groups is 2. The van der Waals surface area contributed by atoms with Gasteiger partial charge in [0.25, 0.3) is 5.91 Å². The van der Waals surface area contributed by atoms with Crippen LogP contribution >= 0.6 is 23.2 Å². The van der Waals surface area contributed by atoms with Crippen molar-refractivity contribution in [1.29, 1.82) is 0 Å². The minimum atomic E-state index is -1.18. The van der Waals surface area contributed by atoms with Crippen LogP contribution in [-0.2, 0) is 9.53 Å². The minimum Gasteiger partial charge on any atom is -0.495 e. The quantitative estimate of drug-likeness (QED) is 0.744. The number of ether oxygens (including phenoxy) is 2. The maximum atomic E-state index is 13.7. The lowest BCUT2D eigenvalue weighted by molar-refractivity contribution is -0.123. The van der Waals surface area contributed by atoms with Crippen molar-refractivity contribution < 1.29 is 23.5 Å². The molecule has 0 aliphatic carbocycles. The largest absolute Gasteiger partial charge is 0.495 e. The van der Waals surface area contributed by atoms with E-state index in [9.17, 15) is 14.0 Å². The van der Waals surface area contributed by atoms with Crippen LogP contribution in [-0.4, -0.2) is 25.1 Å². The summed E-state index contributed by atoms with van der Waals surface area (Å²) in [5.41, 5.74) is 0.752. The Morgan fingerprint density at radius 3 is 2.54 bits per heavy atom. The van der Waals surface area contributed by atoms with Gasteiger partial charge in [0.05, 0.1) is 18.4 Å². The highest BCUT2D eigenvalue weighted by atomic mass is 35.5. The molecule has 0 radical (unpaired) electrons. The molecule has 0 aliphatic rings. The van der Waals surface area contributed by atoms with E-state index >= 15 is 0 Å². The lowest BCUT2D eigenvalue weighted by Crippen LogP contribution is -2.30. The van der Waals surface area contributed by atoms with Gasteiger partial charge in [0.2, 0.25) is 0 Å². The van der Waals surface area contributed by atoms with Crippen molar-refractivity contribution in [1.82, 2.24) is 0 Å². The second-order valence-electron chi connectivity index (χ2n) is 5.46. The number of anilines is 1. The molecule has 2 aromatic carbocycles. The Balaban J connectivity index is 2.12. The molecular formula is C18H16Cl2FNO4. The van der Waals surface area contributed by atoms with E-state index in [4.69, 9.17) is 32.7 Å². The molecule has 0 saturated heterocycles. The lowest BCUT2D eigenvalue weighted by Gasteiger charge is -2.16. The average Bonchev–Trinajstić information content (AvgIpc) is 2.59. The number of methoxy groups -OCH3 is 1. The number of esters is 1. The second kappa shape index (κ2) is 8.38. The van der Waals surface area contributed by atoms with E-state index in [2.05, 4.69) is 5.32 Å². The molecule has 2 aromatic rings. The van der Waals surface area contributed by atoms with E-state index < -0.39 is 23.8 Å². The van der Waals surface area contributed by atoms with E-state index in [1.807, 2.05) is 0 Å². The van der Waals surface area contributed by atoms with E-state index in [-0.39, 0.29) is 10.6 Å². The van der Waals surface area contributed by atoms with Gasteiger partial charge in [-0.05, 0) is 43.7 Å². The molecular weight excluding hydrogens is 384 g/mol. The Labute approximate surface area is 160 Å². The van der Waals surface area contributed by atoms with Gasteiger partial charge < -0.3 is 14.8 Å². The molecule has 0 aliphatic heterocycles. The molecule has 138 valence electrons. The molecule has 2 rings (SSSR count). The third-order valence-corrected chi connectivity index (χ3v) is 4.18. The number of carbonyl (C=O) groups excluding carboxylic acids is 2. The summed E-state index contributed by atoms with van der Waals surface area (Å²) < 4.78 is 23.9. The number of amides is 1. The molecule has 1 atom stereocenters. The number of hydrogen-bond donors (Lipinski definition) is 1. The number of benzene rings is 2. The standard InChI is InChI=1S/C18H16Cl2FNO4/c1-9-6-15(16(25-3)8-13(9)20)22-17(23)10(2)26-18(24)12-7-11(19)4-5-14(12)21/h4-8,10H,1-3H3,(H,22,23)/t10-/m1/s1. The molecule has 0 unspecified atom stereocenters. The number of rotatable bonds is 5. The molecule has 8 heteroatoms. The molecule has 1 N–H and O–H groups in total. The van der Waals surface area contributed by atoms with Crippen molar-refractivity contribution in [3.8, 4) is 5.75 Å². The maximum absolute atomic E-state index is 13.7. The highest BCUT2D eigenvalue weighted by Crippen LogP contribution is 2.31. The molecule has 5 nitrogen and oxygen atoms in total. The molecule has 0 heterocycles. The summed E-state index contributed by atoms with van der Waals surface area (Å²) in [5, 5.41) is 3.25.